The lowest BCUT2D eigenvalue weighted by atomic mass is 10.3. The summed E-state index contributed by atoms with van der Waals surface area (Å²) in [5.74, 6) is 0.676. The quantitative estimate of drug-likeness (QED) is 0.671. The molecule has 0 spiro atoms. The van der Waals surface area contributed by atoms with E-state index in [1.54, 1.807) is 6.33 Å². The van der Waals surface area contributed by atoms with Crippen LogP contribution in [0.15, 0.2) is 12.5 Å². The lowest BCUT2D eigenvalue weighted by molar-refractivity contribution is 0.913. The van der Waals surface area contributed by atoms with E-state index in [0.717, 1.165) is 17.1 Å². The summed E-state index contributed by atoms with van der Waals surface area (Å²) in [5.41, 5.74) is 3.12. The van der Waals surface area contributed by atoms with Gasteiger partial charge in [-0.1, -0.05) is 11.6 Å². The minimum atomic E-state index is 0.354. The van der Waals surface area contributed by atoms with E-state index in [1.807, 2.05) is 36.1 Å². The second-order valence-corrected chi connectivity index (χ2v) is 4.54. The summed E-state index contributed by atoms with van der Waals surface area (Å²) in [5, 5.41) is 8.58. The number of halogens is 1. The number of aromatic nitrogens is 6. The summed E-state index contributed by atoms with van der Waals surface area (Å²) in [7, 11) is 1.91. The molecule has 0 amide bonds. The Morgan fingerprint density at radius 2 is 2.00 bits per heavy atom. The van der Waals surface area contributed by atoms with Gasteiger partial charge in [0.25, 0.3) is 0 Å². The number of nitrogens with zero attached hydrogens (tertiary/aromatic N) is 6. The second-order valence-electron chi connectivity index (χ2n) is 4.18. The van der Waals surface area contributed by atoms with Gasteiger partial charge < -0.3 is 4.57 Å². The lowest BCUT2D eigenvalue weighted by Gasteiger charge is -2.05. The Morgan fingerprint density at radius 1 is 1.22 bits per heavy atom. The van der Waals surface area contributed by atoms with Gasteiger partial charge in [0.2, 0.25) is 0 Å². The zero-order chi connectivity index (χ0) is 12.9. The molecule has 0 radical (unpaired) electrons. The van der Waals surface area contributed by atoms with Crippen molar-refractivity contribution in [2.45, 2.75) is 13.8 Å². The summed E-state index contributed by atoms with van der Waals surface area (Å²) < 4.78 is 3.74. The molecule has 6 nitrogen and oxygen atoms in total. The Labute approximate surface area is 108 Å². The molecular weight excluding hydrogens is 252 g/mol. The molecule has 3 aromatic rings. The summed E-state index contributed by atoms with van der Waals surface area (Å²) in [6.07, 6.45) is 3.61. The van der Waals surface area contributed by atoms with Crippen molar-refractivity contribution in [3.8, 4) is 11.5 Å². The lowest BCUT2D eigenvalue weighted by Crippen LogP contribution is -2.01. The Kier molecular flexibility index (Phi) is 2.34. The molecule has 0 unspecified atom stereocenters. The van der Waals surface area contributed by atoms with E-state index in [0.29, 0.717) is 16.6 Å². The fourth-order valence-electron chi connectivity index (χ4n) is 1.87. The monoisotopic (exact) mass is 262 g/mol. The average Bonchev–Trinajstić information content (AvgIpc) is 2.91. The molecule has 7 heteroatoms. The van der Waals surface area contributed by atoms with Gasteiger partial charge in [0.15, 0.2) is 16.6 Å². The van der Waals surface area contributed by atoms with E-state index in [-0.39, 0.29) is 0 Å². The molecule has 0 aliphatic heterocycles. The molecule has 3 rings (SSSR count). The molecule has 0 atom stereocenters. The standard InChI is InChI=1S/C11H11ClN6/c1-6-7(2)18-10(8-4-17(3)5-13-8)15-16-11(18)9(12)14-6/h4-5H,1-3H3. The zero-order valence-corrected chi connectivity index (χ0v) is 11.0. The van der Waals surface area contributed by atoms with E-state index in [9.17, 15) is 0 Å². The van der Waals surface area contributed by atoms with E-state index in [4.69, 9.17) is 11.6 Å². The Morgan fingerprint density at radius 3 is 2.67 bits per heavy atom. The smallest absolute Gasteiger partial charge is 0.199 e. The van der Waals surface area contributed by atoms with Crippen molar-refractivity contribution in [1.82, 2.24) is 29.1 Å². The van der Waals surface area contributed by atoms with Crippen LogP contribution >= 0.6 is 11.6 Å². The van der Waals surface area contributed by atoms with Crippen LogP contribution in [0.1, 0.15) is 11.4 Å². The van der Waals surface area contributed by atoms with Crippen molar-refractivity contribution in [3.05, 3.63) is 29.1 Å². The number of rotatable bonds is 1. The SMILES string of the molecule is Cc1nc(Cl)c2nnc(-c3cn(C)cn3)n2c1C. The maximum atomic E-state index is 6.08. The highest BCUT2D eigenvalue weighted by Crippen LogP contribution is 2.23. The highest BCUT2D eigenvalue weighted by molar-refractivity contribution is 6.32. The van der Waals surface area contributed by atoms with Crippen molar-refractivity contribution >= 4 is 17.2 Å². The van der Waals surface area contributed by atoms with E-state index in [1.165, 1.54) is 0 Å². The molecule has 0 aromatic carbocycles. The van der Waals surface area contributed by atoms with Crippen LogP contribution in [-0.2, 0) is 7.05 Å². The normalized spacial score (nSPS) is 11.3. The van der Waals surface area contributed by atoms with Crippen LogP contribution in [0.25, 0.3) is 17.2 Å². The molecule has 0 N–H and O–H groups in total. The van der Waals surface area contributed by atoms with Crippen molar-refractivity contribution in [3.63, 3.8) is 0 Å². The third-order valence-corrected chi connectivity index (χ3v) is 3.16. The van der Waals surface area contributed by atoms with Crippen LogP contribution in [0.5, 0.6) is 0 Å². The molecule has 0 saturated heterocycles. The highest BCUT2D eigenvalue weighted by atomic mass is 35.5. The Balaban J connectivity index is 2.38. The van der Waals surface area contributed by atoms with Crippen LogP contribution in [-0.4, -0.2) is 29.1 Å². The molecule has 18 heavy (non-hydrogen) atoms. The molecule has 0 aliphatic rings. The fourth-order valence-corrected chi connectivity index (χ4v) is 2.12. The van der Waals surface area contributed by atoms with Gasteiger partial charge in [-0.25, -0.2) is 9.97 Å². The molecule has 0 aliphatic carbocycles. The minimum absolute atomic E-state index is 0.354. The first-order valence-corrected chi connectivity index (χ1v) is 5.82. The van der Waals surface area contributed by atoms with Crippen LogP contribution in [0.4, 0.5) is 0 Å². The number of hydrogen-bond acceptors (Lipinski definition) is 4. The molecule has 0 fully saturated rings. The maximum absolute atomic E-state index is 6.08. The van der Waals surface area contributed by atoms with Crippen molar-refractivity contribution < 1.29 is 0 Å². The third-order valence-electron chi connectivity index (χ3n) is 2.91. The predicted octanol–water partition coefficient (Wildman–Crippen LogP) is 1.80. The van der Waals surface area contributed by atoms with Gasteiger partial charge in [0, 0.05) is 18.9 Å². The summed E-state index contributed by atoms with van der Waals surface area (Å²) in [4.78, 5) is 8.51. The van der Waals surface area contributed by atoms with E-state index in [2.05, 4.69) is 20.2 Å². The van der Waals surface area contributed by atoms with Crippen LogP contribution in [0, 0.1) is 13.8 Å². The topological polar surface area (TPSA) is 60.9 Å². The molecule has 3 aromatic heterocycles. The number of hydrogen-bond donors (Lipinski definition) is 0. The fraction of sp³-hybridized carbons (Fsp3) is 0.273. The van der Waals surface area contributed by atoms with Gasteiger partial charge in [0.05, 0.1) is 12.0 Å². The van der Waals surface area contributed by atoms with Gasteiger partial charge >= 0.3 is 0 Å². The number of imidazole rings is 1. The predicted molar refractivity (Wildman–Crippen MR) is 67.5 cm³/mol. The van der Waals surface area contributed by atoms with Gasteiger partial charge in [0.1, 0.15) is 5.69 Å². The van der Waals surface area contributed by atoms with E-state index < -0.39 is 0 Å². The largest absolute Gasteiger partial charge is 0.340 e. The minimum Gasteiger partial charge on any atom is -0.340 e. The first-order valence-electron chi connectivity index (χ1n) is 5.44. The van der Waals surface area contributed by atoms with Gasteiger partial charge in [-0.15, -0.1) is 10.2 Å². The molecular formula is C11H11ClN6. The first kappa shape index (κ1) is 11.2. The first-order chi connectivity index (χ1) is 8.58. The second kappa shape index (κ2) is 3.78. The third kappa shape index (κ3) is 1.49. The van der Waals surface area contributed by atoms with Crippen LogP contribution in [0.2, 0.25) is 5.15 Å². The van der Waals surface area contributed by atoms with E-state index >= 15 is 0 Å². The van der Waals surface area contributed by atoms with Gasteiger partial charge in [-0.05, 0) is 13.8 Å². The van der Waals surface area contributed by atoms with Crippen molar-refractivity contribution in [2.24, 2.45) is 7.05 Å². The maximum Gasteiger partial charge on any atom is 0.199 e. The van der Waals surface area contributed by atoms with Crippen LogP contribution < -0.4 is 0 Å². The summed E-state index contributed by atoms with van der Waals surface area (Å²) in [6, 6.07) is 0. The van der Waals surface area contributed by atoms with Gasteiger partial charge in [-0.2, -0.15) is 0 Å². The molecule has 0 saturated carbocycles. The highest BCUT2D eigenvalue weighted by Gasteiger charge is 2.16. The van der Waals surface area contributed by atoms with Gasteiger partial charge in [-0.3, -0.25) is 4.40 Å². The molecule has 92 valence electrons. The summed E-state index contributed by atoms with van der Waals surface area (Å²) >= 11 is 6.08. The van der Waals surface area contributed by atoms with Crippen LogP contribution in [0.3, 0.4) is 0 Å². The van der Waals surface area contributed by atoms with Crippen molar-refractivity contribution in [1.29, 1.82) is 0 Å². The Bertz CT molecular complexity index is 741. The molecule has 0 bridgehead atoms. The number of aryl methyl sites for hydroxylation is 3. The average molecular weight is 263 g/mol. The number of fused-ring (bicyclic) bond motifs is 1. The zero-order valence-electron chi connectivity index (χ0n) is 10.2. The van der Waals surface area contributed by atoms with Crippen molar-refractivity contribution in [2.75, 3.05) is 0 Å². The summed E-state index contributed by atoms with van der Waals surface area (Å²) in [6.45, 7) is 3.87. The molecule has 3 heterocycles. The Hall–Kier alpha value is -1.95.